The fourth-order valence-corrected chi connectivity index (χ4v) is 6.71. The van der Waals surface area contributed by atoms with Crippen molar-refractivity contribution >= 4 is 32.5 Å². The van der Waals surface area contributed by atoms with Crippen molar-refractivity contribution in [3.8, 4) is 17.2 Å². The number of rotatable bonds is 8. The Labute approximate surface area is 251 Å². The summed E-state index contributed by atoms with van der Waals surface area (Å²) in [5.41, 5.74) is 2.72. The lowest BCUT2D eigenvalue weighted by Crippen LogP contribution is -2.49. The van der Waals surface area contributed by atoms with Crippen LogP contribution in [0.5, 0.6) is 17.2 Å². The van der Waals surface area contributed by atoms with Gasteiger partial charge in [0.05, 0.1) is 23.9 Å². The van der Waals surface area contributed by atoms with Crippen molar-refractivity contribution < 1.29 is 37.8 Å². The number of amides is 1. The molecule has 3 aromatic rings. The van der Waals surface area contributed by atoms with Crippen LogP contribution < -0.4 is 9.64 Å². The topological polar surface area (TPSA) is 145 Å². The number of hydrogen-bond donors (Lipinski definition) is 4. The van der Waals surface area contributed by atoms with E-state index < -0.39 is 38.4 Å². The van der Waals surface area contributed by atoms with Crippen molar-refractivity contribution in [2.24, 2.45) is 0 Å². The van der Waals surface area contributed by atoms with E-state index in [1.165, 1.54) is 28.2 Å². The van der Waals surface area contributed by atoms with Crippen LogP contribution in [0.25, 0.3) is 10.8 Å². The molecule has 2 aliphatic rings. The van der Waals surface area contributed by atoms with E-state index >= 15 is 0 Å². The molecular formula is C33H37NO8S. The lowest BCUT2D eigenvalue weighted by molar-refractivity contribution is -0.0597. The van der Waals surface area contributed by atoms with Crippen molar-refractivity contribution in [2.45, 2.75) is 82.9 Å². The highest BCUT2D eigenvalue weighted by atomic mass is 32.2. The van der Waals surface area contributed by atoms with E-state index in [1.807, 2.05) is 6.92 Å². The van der Waals surface area contributed by atoms with Gasteiger partial charge in [-0.25, -0.2) is 0 Å². The Morgan fingerprint density at radius 2 is 1.74 bits per heavy atom. The SMILES string of the molecule is CC(C)=CCCC(C)=CCCC1(C)Oc2c(c(O)cc3c2CN(c2c(O)cc(S(=O)(=O)O)c4ccccc24)C3=O)CC1O. The predicted octanol–water partition coefficient (Wildman–Crippen LogP) is 6.19. The molecule has 0 spiro atoms. The molecule has 0 saturated heterocycles. The number of ether oxygens (including phenoxy) is 1. The number of aromatic hydroxyl groups is 2. The minimum Gasteiger partial charge on any atom is -0.508 e. The molecule has 0 bridgehead atoms. The van der Waals surface area contributed by atoms with Gasteiger partial charge in [0.15, 0.2) is 0 Å². The number of carbonyl (C=O) groups excluding carboxylic acids is 1. The van der Waals surface area contributed by atoms with Crippen molar-refractivity contribution in [1.29, 1.82) is 0 Å². The number of phenols is 2. The molecule has 43 heavy (non-hydrogen) atoms. The Morgan fingerprint density at radius 1 is 1.05 bits per heavy atom. The first-order valence-corrected chi connectivity index (χ1v) is 15.7. The summed E-state index contributed by atoms with van der Waals surface area (Å²) in [6, 6.07) is 8.54. The molecule has 2 unspecified atom stereocenters. The van der Waals surface area contributed by atoms with E-state index in [9.17, 15) is 33.1 Å². The number of carbonyl (C=O) groups is 1. The maximum Gasteiger partial charge on any atom is 0.295 e. The molecule has 4 N–H and O–H groups in total. The summed E-state index contributed by atoms with van der Waals surface area (Å²) >= 11 is 0. The Balaban J connectivity index is 1.48. The summed E-state index contributed by atoms with van der Waals surface area (Å²) in [6.45, 7) is 8.04. The maximum absolute atomic E-state index is 13.7. The summed E-state index contributed by atoms with van der Waals surface area (Å²) < 4.78 is 40.3. The molecule has 2 aliphatic heterocycles. The average molecular weight is 608 g/mol. The number of allylic oxidation sites excluding steroid dienone is 4. The largest absolute Gasteiger partial charge is 0.508 e. The lowest BCUT2D eigenvalue weighted by atomic mass is 9.84. The zero-order chi connectivity index (χ0) is 31.3. The van der Waals surface area contributed by atoms with Crippen molar-refractivity contribution in [2.75, 3.05) is 4.90 Å². The molecule has 0 fully saturated rings. The number of phenolic OH excluding ortho intramolecular Hbond substituents is 2. The van der Waals surface area contributed by atoms with Crippen LogP contribution in [0.2, 0.25) is 0 Å². The molecule has 2 atom stereocenters. The molecule has 0 aromatic heterocycles. The Morgan fingerprint density at radius 3 is 2.42 bits per heavy atom. The first-order valence-electron chi connectivity index (χ1n) is 14.3. The Bertz CT molecular complexity index is 1790. The van der Waals surface area contributed by atoms with Crippen LogP contribution in [0.1, 0.15) is 74.9 Å². The third-order valence-corrected chi connectivity index (χ3v) is 9.32. The lowest BCUT2D eigenvalue weighted by Gasteiger charge is -2.40. The van der Waals surface area contributed by atoms with E-state index in [0.717, 1.165) is 18.9 Å². The first kappa shape index (κ1) is 30.6. The van der Waals surface area contributed by atoms with Crippen molar-refractivity contribution in [3.05, 3.63) is 76.4 Å². The van der Waals surface area contributed by atoms with Gasteiger partial charge in [0.1, 0.15) is 27.7 Å². The third-order valence-electron chi connectivity index (χ3n) is 8.42. The second-order valence-electron chi connectivity index (χ2n) is 11.9. The molecule has 0 saturated carbocycles. The summed E-state index contributed by atoms with van der Waals surface area (Å²) in [5.74, 6) is -0.852. The van der Waals surface area contributed by atoms with Crippen molar-refractivity contribution in [1.82, 2.24) is 0 Å². The molecule has 1 amide bonds. The molecular weight excluding hydrogens is 570 g/mol. The molecule has 5 rings (SSSR count). The van der Waals surface area contributed by atoms with E-state index in [1.54, 1.807) is 18.2 Å². The normalized spacial score (nSPS) is 20.1. The number of anilines is 1. The van der Waals surface area contributed by atoms with Crippen LogP contribution in [0.15, 0.2) is 64.6 Å². The number of aliphatic hydroxyl groups excluding tert-OH is 1. The summed E-state index contributed by atoms with van der Waals surface area (Å²) in [6.07, 6.45) is 6.70. The van der Waals surface area contributed by atoms with Crippen LogP contribution in [0.4, 0.5) is 5.69 Å². The van der Waals surface area contributed by atoms with E-state index in [0.29, 0.717) is 29.7 Å². The van der Waals surface area contributed by atoms with Gasteiger partial charge in [0.25, 0.3) is 16.0 Å². The molecule has 10 heteroatoms. The van der Waals surface area contributed by atoms with Crippen LogP contribution in [-0.2, 0) is 23.1 Å². The summed E-state index contributed by atoms with van der Waals surface area (Å²) in [4.78, 5) is 14.6. The third kappa shape index (κ3) is 5.74. The monoisotopic (exact) mass is 607 g/mol. The number of fused-ring (bicyclic) bond motifs is 4. The van der Waals surface area contributed by atoms with Crippen LogP contribution in [0.3, 0.4) is 0 Å². The van der Waals surface area contributed by atoms with Crippen LogP contribution >= 0.6 is 0 Å². The van der Waals surface area contributed by atoms with Crippen LogP contribution in [0, 0.1) is 0 Å². The highest BCUT2D eigenvalue weighted by Gasteiger charge is 2.45. The molecule has 2 heterocycles. The highest BCUT2D eigenvalue weighted by Crippen LogP contribution is 2.49. The van der Waals surface area contributed by atoms with Gasteiger partial charge in [0, 0.05) is 34.4 Å². The quantitative estimate of drug-likeness (QED) is 0.175. The van der Waals surface area contributed by atoms with Gasteiger partial charge in [-0.2, -0.15) is 8.42 Å². The Hall–Kier alpha value is -3.86. The first-order chi connectivity index (χ1) is 20.2. The van der Waals surface area contributed by atoms with Crippen LogP contribution in [-0.4, -0.2) is 45.9 Å². The summed E-state index contributed by atoms with van der Waals surface area (Å²) in [7, 11) is -4.66. The fraction of sp³-hybridized carbons (Fsp3) is 0.364. The minimum atomic E-state index is -4.66. The second-order valence-corrected chi connectivity index (χ2v) is 13.3. The standard InChI is InChI=1S/C33H37NO8S/c1-19(2)9-7-10-20(3)11-8-14-33(4)29(37)16-24-26(35)15-23-25(31(24)42-33)18-34(32(23)38)30-22-13-6-5-12-21(22)28(17-27(30)36)43(39,40)41/h5-6,9,11-13,15,17,29,35-37H,7-8,10,14,16,18H2,1-4H3,(H,39,40,41). The van der Waals surface area contributed by atoms with Gasteiger partial charge in [-0.05, 0) is 59.4 Å². The number of benzene rings is 3. The smallest absolute Gasteiger partial charge is 0.295 e. The van der Waals surface area contributed by atoms with Gasteiger partial charge in [-0.1, -0.05) is 47.6 Å². The average Bonchev–Trinajstić information content (AvgIpc) is 3.24. The molecule has 0 radical (unpaired) electrons. The van der Waals surface area contributed by atoms with Crippen molar-refractivity contribution in [3.63, 3.8) is 0 Å². The zero-order valence-corrected chi connectivity index (χ0v) is 25.5. The molecule has 9 nitrogen and oxygen atoms in total. The number of hydrogen-bond acceptors (Lipinski definition) is 7. The van der Waals surface area contributed by atoms with E-state index in [-0.39, 0.29) is 40.7 Å². The minimum absolute atomic E-state index is 0.0187. The second kappa shape index (κ2) is 11.3. The summed E-state index contributed by atoms with van der Waals surface area (Å²) in [5, 5.41) is 33.3. The highest BCUT2D eigenvalue weighted by molar-refractivity contribution is 7.86. The molecule has 3 aromatic carbocycles. The van der Waals surface area contributed by atoms with Gasteiger partial charge in [-0.3, -0.25) is 14.2 Å². The maximum atomic E-state index is 13.7. The number of aliphatic hydroxyl groups is 1. The van der Waals surface area contributed by atoms with Gasteiger partial charge in [0.2, 0.25) is 0 Å². The van der Waals surface area contributed by atoms with E-state index in [2.05, 4.69) is 32.9 Å². The van der Waals surface area contributed by atoms with Gasteiger partial charge in [-0.15, -0.1) is 0 Å². The Kier molecular flexibility index (Phi) is 8.06. The molecule has 228 valence electrons. The van der Waals surface area contributed by atoms with Gasteiger partial charge >= 0.3 is 0 Å². The predicted molar refractivity (Wildman–Crippen MR) is 164 cm³/mol. The van der Waals surface area contributed by atoms with E-state index in [4.69, 9.17) is 4.74 Å². The molecule has 0 aliphatic carbocycles. The zero-order valence-electron chi connectivity index (χ0n) is 24.7. The number of nitrogens with zero attached hydrogens (tertiary/aromatic N) is 1. The fourth-order valence-electron chi connectivity index (χ4n) is 5.99. The van der Waals surface area contributed by atoms with Gasteiger partial charge < -0.3 is 20.1 Å².